The van der Waals surface area contributed by atoms with Crippen LogP contribution in [0.15, 0.2) is 53.4 Å². The van der Waals surface area contributed by atoms with E-state index in [-0.39, 0.29) is 17.2 Å². The van der Waals surface area contributed by atoms with Crippen LogP contribution in [0.1, 0.15) is 30.4 Å². The summed E-state index contributed by atoms with van der Waals surface area (Å²) in [6, 6.07) is 14.2. The number of nitrogens with zero attached hydrogens (tertiary/aromatic N) is 1. The molecule has 2 aliphatic rings. The molecule has 1 saturated carbocycles. The molecule has 28 heavy (non-hydrogen) atoms. The van der Waals surface area contributed by atoms with Crippen LogP contribution >= 0.6 is 0 Å². The molecule has 2 aromatic rings. The molecule has 4 rings (SSSR count). The van der Waals surface area contributed by atoms with E-state index >= 15 is 0 Å². The summed E-state index contributed by atoms with van der Waals surface area (Å²) in [6.07, 6.45) is 2.83. The fourth-order valence-electron chi connectivity index (χ4n) is 4.51. The van der Waals surface area contributed by atoms with Gasteiger partial charge < -0.3 is 4.79 Å². The Labute approximate surface area is 165 Å². The Morgan fingerprint density at radius 3 is 2.46 bits per heavy atom. The zero-order valence-electron chi connectivity index (χ0n) is 15.8. The molecule has 2 aromatic carbocycles. The summed E-state index contributed by atoms with van der Waals surface area (Å²) in [4.78, 5) is 24.5. The van der Waals surface area contributed by atoms with Gasteiger partial charge in [-0.05, 0) is 56.4 Å². The largest absolute Gasteiger partial charge is 0.303 e. The third-order valence-electron chi connectivity index (χ3n) is 6.15. The van der Waals surface area contributed by atoms with Gasteiger partial charge in [-0.1, -0.05) is 35.9 Å². The fraction of sp³-hybridized carbons (Fsp3) is 0.364. The molecule has 6 heteroatoms. The zero-order chi connectivity index (χ0) is 19.9. The SMILES string of the molecule is Cc1ccc(S(=O)(=O)N2CCC3(CCC(C=O)C3=O)Cc3ccccc32)cc1. The molecule has 0 aromatic heterocycles. The van der Waals surface area contributed by atoms with Gasteiger partial charge in [-0.2, -0.15) is 0 Å². The Hall–Kier alpha value is -2.47. The number of benzene rings is 2. The van der Waals surface area contributed by atoms with E-state index in [4.69, 9.17) is 0 Å². The number of sulfonamides is 1. The van der Waals surface area contributed by atoms with Crippen molar-refractivity contribution in [1.82, 2.24) is 0 Å². The van der Waals surface area contributed by atoms with Crippen molar-refractivity contribution < 1.29 is 18.0 Å². The summed E-state index contributed by atoms with van der Waals surface area (Å²) in [7, 11) is -3.75. The quantitative estimate of drug-likeness (QED) is 0.588. The van der Waals surface area contributed by atoms with Gasteiger partial charge in [-0.25, -0.2) is 8.42 Å². The van der Waals surface area contributed by atoms with Crippen LogP contribution < -0.4 is 4.31 Å². The van der Waals surface area contributed by atoms with Crippen molar-refractivity contribution in [3.05, 3.63) is 59.7 Å². The average Bonchev–Trinajstić information content (AvgIpc) is 2.88. The molecule has 1 spiro atoms. The number of hydrogen-bond acceptors (Lipinski definition) is 4. The van der Waals surface area contributed by atoms with Gasteiger partial charge in [0.1, 0.15) is 12.1 Å². The van der Waals surface area contributed by atoms with Gasteiger partial charge in [0.05, 0.1) is 16.5 Å². The zero-order valence-corrected chi connectivity index (χ0v) is 16.6. The van der Waals surface area contributed by atoms with E-state index < -0.39 is 21.4 Å². The van der Waals surface area contributed by atoms with Crippen molar-refractivity contribution in [1.29, 1.82) is 0 Å². The number of aldehydes is 1. The Balaban J connectivity index is 1.78. The van der Waals surface area contributed by atoms with Gasteiger partial charge >= 0.3 is 0 Å². The van der Waals surface area contributed by atoms with Gasteiger partial charge in [0.15, 0.2) is 0 Å². The molecular formula is C22H23NO4S. The van der Waals surface area contributed by atoms with E-state index in [1.165, 1.54) is 4.31 Å². The number of rotatable bonds is 3. The molecule has 0 saturated heterocycles. The maximum atomic E-state index is 13.4. The number of Topliss-reactive ketones (excluding diaryl/α,β-unsaturated/α-hetero) is 1. The van der Waals surface area contributed by atoms with Crippen LogP contribution in [-0.4, -0.2) is 27.0 Å². The lowest BCUT2D eigenvalue weighted by atomic mass is 9.76. The number of anilines is 1. The molecule has 1 heterocycles. The van der Waals surface area contributed by atoms with Gasteiger partial charge in [0.25, 0.3) is 10.0 Å². The number of ketones is 1. The summed E-state index contributed by atoms with van der Waals surface area (Å²) in [5, 5.41) is 0. The number of para-hydroxylation sites is 1. The Morgan fingerprint density at radius 1 is 1.07 bits per heavy atom. The van der Waals surface area contributed by atoms with Gasteiger partial charge in [-0.3, -0.25) is 9.10 Å². The van der Waals surface area contributed by atoms with Gasteiger partial charge in [0.2, 0.25) is 0 Å². The van der Waals surface area contributed by atoms with Crippen molar-refractivity contribution in [2.75, 3.05) is 10.8 Å². The molecule has 0 amide bonds. The summed E-state index contributed by atoms with van der Waals surface area (Å²) < 4.78 is 28.2. The molecule has 5 nitrogen and oxygen atoms in total. The van der Waals surface area contributed by atoms with E-state index in [2.05, 4.69) is 0 Å². The van der Waals surface area contributed by atoms with Crippen molar-refractivity contribution in [3.63, 3.8) is 0 Å². The summed E-state index contributed by atoms with van der Waals surface area (Å²) >= 11 is 0. The summed E-state index contributed by atoms with van der Waals surface area (Å²) in [6.45, 7) is 2.14. The first-order valence-electron chi connectivity index (χ1n) is 9.54. The second-order valence-corrected chi connectivity index (χ2v) is 9.73. The molecule has 1 aliphatic carbocycles. The summed E-state index contributed by atoms with van der Waals surface area (Å²) in [5.41, 5.74) is 1.81. The third kappa shape index (κ3) is 2.96. The van der Waals surface area contributed by atoms with Gasteiger partial charge in [0, 0.05) is 12.0 Å². The minimum atomic E-state index is -3.75. The second-order valence-electron chi connectivity index (χ2n) is 7.87. The van der Waals surface area contributed by atoms with Crippen molar-refractivity contribution in [2.24, 2.45) is 11.3 Å². The topological polar surface area (TPSA) is 71.5 Å². The molecule has 146 valence electrons. The highest BCUT2D eigenvalue weighted by molar-refractivity contribution is 7.92. The number of hydrogen-bond donors (Lipinski definition) is 0. The highest BCUT2D eigenvalue weighted by atomic mass is 32.2. The number of carbonyl (C=O) groups is 2. The smallest absolute Gasteiger partial charge is 0.264 e. The summed E-state index contributed by atoms with van der Waals surface area (Å²) in [5.74, 6) is -0.598. The molecule has 1 aliphatic heterocycles. The minimum absolute atomic E-state index is 0.0353. The maximum Gasteiger partial charge on any atom is 0.264 e. The Kier molecular flexibility index (Phi) is 4.62. The third-order valence-corrected chi connectivity index (χ3v) is 7.98. The predicted molar refractivity (Wildman–Crippen MR) is 107 cm³/mol. The molecule has 0 N–H and O–H groups in total. The predicted octanol–water partition coefficient (Wildman–Crippen LogP) is 3.30. The lowest BCUT2D eigenvalue weighted by molar-refractivity contribution is -0.131. The highest BCUT2D eigenvalue weighted by Crippen LogP contribution is 2.47. The molecule has 0 bridgehead atoms. The number of aryl methyl sites for hydroxylation is 1. The van der Waals surface area contributed by atoms with Crippen LogP contribution in [0.4, 0.5) is 5.69 Å². The lowest BCUT2D eigenvalue weighted by Gasteiger charge is -2.27. The standard InChI is InChI=1S/C22H23NO4S/c1-16-6-8-19(9-7-16)28(26,27)23-13-12-22(11-10-18(15-24)21(22)25)14-17-4-2-3-5-20(17)23/h2-9,15,18H,10-14H2,1H3. The number of fused-ring (bicyclic) bond motifs is 1. The van der Waals surface area contributed by atoms with Crippen molar-refractivity contribution >= 4 is 27.8 Å². The Bertz CT molecular complexity index is 1030. The highest BCUT2D eigenvalue weighted by Gasteiger charge is 2.49. The monoisotopic (exact) mass is 397 g/mol. The fourth-order valence-corrected chi connectivity index (χ4v) is 6.02. The van der Waals surface area contributed by atoms with Crippen molar-refractivity contribution in [3.8, 4) is 0 Å². The minimum Gasteiger partial charge on any atom is -0.303 e. The van der Waals surface area contributed by atoms with Crippen LogP contribution in [-0.2, 0) is 26.0 Å². The van der Waals surface area contributed by atoms with Crippen LogP contribution in [0.25, 0.3) is 0 Å². The van der Waals surface area contributed by atoms with E-state index in [1.807, 2.05) is 25.1 Å². The Morgan fingerprint density at radius 2 is 1.79 bits per heavy atom. The van der Waals surface area contributed by atoms with E-state index in [0.29, 0.717) is 31.4 Å². The number of carbonyl (C=O) groups excluding carboxylic acids is 2. The maximum absolute atomic E-state index is 13.4. The van der Waals surface area contributed by atoms with Crippen LogP contribution in [0.3, 0.4) is 0 Å². The first kappa shape index (κ1) is 18.9. The first-order chi connectivity index (χ1) is 13.4. The van der Waals surface area contributed by atoms with E-state index in [1.54, 1.807) is 30.3 Å². The lowest BCUT2D eigenvalue weighted by Crippen LogP contribution is -2.36. The molecule has 2 unspecified atom stereocenters. The van der Waals surface area contributed by atoms with Crippen LogP contribution in [0.2, 0.25) is 0 Å². The van der Waals surface area contributed by atoms with E-state index in [0.717, 1.165) is 17.4 Å². The normalized spacial score (nSPS) is 24.8. The molecular weight excluding hydrogens is 374 g/mol. The molecule has 1 fully saturated rings. The first-order valence-corrected chi connectivity index (χ1v) is 11.0. The van der Waals surface area contributed by atoms with Crippen molar-refractivity contribution in [2.45, 2.75) is 37.5 Å². The molecule has 2 atom stereocenters. The van der Waals surface area contributed by atoms with E-state index in [9.17, 15) is 18.0 Å². The van der Waals surface area contributed by atoms with Crippen LogP contribution in [0, 0.1) is 18.3 Å². The van der Waals surface area contributed by atoms with Gasteiger partial charge in [-0.15, -0.1) is 0 Å². The average molecular weight is 397 g/mol. The molecule has 0 radical (unpaired) electrons. The second kappa shape index (κ2) is 6.85. The van der Waals surface area contributed by atoms with Crippen LogP contribution in [0.5, 0.6) is 0 Å².